The van der Waals surface area contributed by atoms with Crippen LogP contribution in [0.25, 0.3) is 0 Å². The predicted octanol–water partition coefficient (Wildman–Crippen LogP) is 3.99. The van der Waals surface area contributed by atoms with Crippen molar-refractivity contribution >= 4 is 6.47 Å². The molecule has 93 valence electrons. The fourth-order valence-corrected chi connectivity index (χ4v) is 3.28. The smallest absolute Gasteiger partial charge is 0.418 e. The van der Waals surface area contributed by atoms with Gasteiger partial charge in [0.15, 0.2) is 0 Å². The highest BCUT2D eigenvalue weighted by Gasteiger charge is 2.39. The van der Waals surface area contributed by atoms with Gasteiger partial charge in [0.05, 0.1) is 0 Å². The third kappa shape index (κ3) is 3.23. The SMILES string of the molecule is CCCC(CCC)(O[C]=O)C1CCCCC1. The first-order valence-electron chi connectivity index (χ1n) is 6.84. The molecule has 1 aliphatic carbocycles. The molecule has 0 aromatic rings. The van der Waals surface area contributed by atoms with Crippen molar-refractivity contribution in [1.82, 2.24) is 0 Å². The highest BCUT2D eigenvalue weighted by atomic mass is 16.5. The summed E-state index contributed by atoms with van der Waals surface area (Å²) in [6, 6.07) is 0. The van der Waals surface area contributed by atoms with E-state index in [0.29, 0.717) is 5.92 Å². The summed E-state index contributed by atoms with van der Waals surface area (Å²) in [7, 11) is 0. The van der Waals surface area contributed by atoms with Crippen molar-refractivity contribution in [1.29, 1.82) is 0 Å². The molecule has 1 fully saturated rings. The average molecular weight is 225 g/mol. The molecule has 0 unspecified atom stereocenters. The Hall–Kier alpha value is -0.530. The third-order valence-electron chi connectivity index (χ3n) is 3.94. The van der Waals surface area contributed by atoms with Crippen LogP contribution in [0, 0.1) is 5.92 Å². The quantitative estimate of drug-likeness (QED) is 0.655. The Morgan fingerprint density at radius 3 is 2.12 bits per heavy atom. The second-order valence-corrected chi connectivity index (χ2v) is 5.09. The van der Waals surface area contributed by atoms with Crippen molar-refractivity contribution in [2.24, 2.45) is 5.92 Å². The van der Waals surface area contributed by atoms with Gasteiger partial charge < -0.3 is 4.74 Å². The van der Waals surface area contributed by atoms with Crippen LogP contribution in [0.2, 0.25) is 0 Å². The summed E-state index contributed by atoms with van der Waals surface area (Å²) in [6.45, 7) is 6.06. The molecule has 0 aliphatic heterocycles. The largest absolute Gasteiger partial charge is 0.450 e. The number of ether oxygens (including phenoxy) is 1. The zero-order chi connectivity index (χ0) is 11.9. The predicted molar refractivity (Wildman–Crippen MR) is 65.9 cm³/mol. The Morgan fingerprint density at radius 1 is 1.12 bits per heavy atom. The number of hydrogen-bond donors (Lipinski definition) is 0. The summed E-state index contributed by atoms with van der Waals surface area (Å²) in [5, 5.41) is 0. The highest BCUT2D eigenvalue weighted by Crippen LogP contribution is 2.40. The van der Waals surface area contributed by atoms with Gasteiger partial charge in [0.25, 0.3) is 0 Å². The van der Waals surface area contributed by atoms with Crippen LogP contribution in [0.4, 0.5) is 0 Å². The molecule has 0 amide bonds. The van der Waals surface area contributed by atoms with Gasteiger partial charge >= 0.3 is 6.47 Å². The topological polar surface area (TPSA) is 26.3 Å². The van der Waals surface area contributed by atoms with Crippen LogP contribution < -0.4 is 0 Å². The lowest BCUT2D eigenvalue weighted by Gasteiger charge is -2.40. The Bertz CT molecular complexity index is 189. The van der Waals surface area contributed by atoms with Crippen molar-refractivity contribution in [2.45, 2.75) is 77.2 Å². The van der Waals surface area contributed by atoms with E-state index in [-0.39, 0.29) is 5.60 Å². The van der Waals surface area contributed by atoms with Crippen LogP contribution in [0.15, 0.2) is 0 Å². The molecule has 2 heteroatoms. The Balaban J connectivity index is 2.74. The van der Waals surface area contributed by atoms with Gasteiger partial charge in [-0.2, -0.15) is 0 Å². The van der Waals surface area contributed by atoms with Crippen LogP contribution in [0.3, 0.4) is 0 Å². The first-order chi connectivity index (χ1) is 7.79. The standard InChI is InChI=1S/C14H25O2/c1-3-10-14(11-4-2,16-12-15)13-8-6-5-7-9-13/h13H,3-11H2,1-2H3. The van der Waals surface area contributed by atoms with E-state index in [1.54, 1.807) is 6.47 Å². The summed E-state index contributed by atoms with van der Waals surface area (Å²) in [6.07, 6.45) is 10.5. The molecule has 0 spiro atoms. The summed E-state index contributed by atoms with van der Waals surface area (Å²) < 4.78 is 5.44. The van der Waals surface area contributed by atoms with E-state index in [9.17, 15) is 4.79 Å². The number of carbonyl (C=O) groups excluding carboxylic acids is 1. The molecule has 0 atom stereocenters. The molecule has 16 heavy (non-hydrogen) atoms. The van der Waals surface area contributed by atoms with E-state index in [2.05, 4.69) is 13.8 Å². The van der Waals surface area contributed by atoms with Crippen LogP contribution in [-0.2, 0) is 9.53 Å². The molecule has 0 N–H and O–H groups in total. The molecule has 0 aromatic heterocycles. The summed E-state index contributed by atoms with van der Waals surface area (Å²) in [4.78, 5) is 10.7. The number of rotatable bonds is 7. The van der Waals surface area contributed by atoms with Gasteiger partial charge in [-0.1, -0.05) is 46.0 Å². The van der Waals surface area contributed by atoms with E-state index < -0.39 is 0 Å². The van der Waals surface area contributed by atoms with Gasteiger partial charge in [-0.25, -0.2) is 4.79 Å². The molecular weight excluding hydrogens is 200 g/mol. The maximum atomic E-state index is 10.7. The van der Waals surface area contributed by atoms with Crippen molar-refractivity contribution in [3.63, 3.8) is 0 Å². The second-order valence-electron chi connectivity index (χ2n) is 5.09. The van der Waals surface area contributed by atoms with Crippen LogP contribution in [-0.4, -0.2) is 12.1 Å². The van der Waals surface area contributed by atoms with Crippen molar-refractivity contribution in [2.75, 3.05) is 0 Å². The van der Waals surface area contributed by atoms with Crippen molar-refractivity contribution in [3.05, 3.63) is 0 Å². The average Bonchev–Trinajstić information content (AvgIpc) is 2.31. The van der Waals surface area contributed by atoms with Crippen LogP contribution in [0.1, 0.15) is 71.6 Å². The van der Waals surface area contributed by atoms with Gasteiger partial charge in [0.1, 0.15) is 5.60 Å². The van der Waals surface area contributed by atoms with Crippen LogP contribution in [0.5, 0.6) is 0 Å². The molecule has 1 rings (SSSR count). The molecule has 0 saturated heterocycles. The highest BCUT2D eigenvalue weighted by molar-refractivity contribution is 5.39. The molecule has 1 aliphatic rings. The third-order valence-corrected chi connectivity index (χ3v) is 3.94. The lowest BCUT2D eigenvalue weighted by atomic mass is 9.72. The molecule has 0 heterocycles. The second kappa shape index (κ2) is 6.93. The minimum Gasteiger partial charge on any atom is -0.450 e. The first-order valence-corrected chi connectivity index (χ1v) is 6.84. The molecule has 2 nitrogen and oxygen atoms in total. The Kier molecular flexibility index (Phi) is 5.86. The van der Waals surface area contributed by atoms with Gasteiger partial charge in [-0.3, -0.25) is 0 Å². The minimum absolute atomic E-state index is 0.203. The molecule has 1 radical (unpaired) electrons. The molecule has 0 bridgehead atoms. The van der Waals surface area contributed by atoms with Gasteiger partial charge in [-0.15, -0.1) is 0 Å². The van der Waals surface area contributed by atoms with Crippen LogP contribution >= 0.6 is 0 Å². The lowest BCUT2D eigenvalue weighted by molar-refractivity contribution is -0.0368. The normalized spacial score (nSPS) is 18.4. The molecular formula is C14H25O2. The van der Waals surface area contributed by atoms with Gasteiger partial charge in [0.2, 0.25) is 0 Å². The fraction of sp³-hybridized carbons (Fsp3) is 0.929. The summed E-state index contributed by atoms with van der Waals surface area (Å²) >= 11 is 0. The maximum Gasteiger partial charge on any atom is 0.418 e. The first kappa shape index (κ1) is 13.5. The number of hydrogen-bond acceptors (Lipinski definition) is 2. The monoisotopic (exact) mass is 225 g/mol. The van der Waals surface area contributed by atoms with E-state index in [1.165, 1.54) is 32.1 Å². The van der Waals surface area contributed by atoms with Gasteiger partial charge in [0, 0.05) is 0 Å². The maximum absolute atomic E-state index is 10.7. The molecule has 1 saturated carbocycles. The summed E-state index contributed by atoms with van der Waals surface area (Å²) in [5.41, 5.74) is -0.203. The summed E-state index contributed by atoms with van der Waals surface area (Å²) in [5.74, 6) is 0.572. The molecule has 0 aromatic carbocycles. The lowest BCUT2D eigenvalue weighted by Crippen LogP contribution is -2.41. The Labute approximate surface area is 99.8 Å². The van der Waals surface area contributed by atoms with Crippen molar-refractivity contribution < 1.29 is 9.53 Å². The van der Waals surface area contributed by atoms with E-state index >= 15 is 0 Å². The zero-order valence-corrected chi connectivity index (χ0v) is 10.8. The fourth-order valence-electron chi connectivity index (χ4n) is 3.28. The van der Waals surface area contributed by atoms with E-state index in [4.69, 9.17) is 4.74 Å². The van der Waals surface area contributed by atoms with E-state index in [0.717, 1.165) is 25.7 Å². The zero-order valence-electron chi connectivity index (χ0n) is 10.8. The Morgan fingerprint density at radius 2 is 1.69 bits per heavy atom. The van der Waals surface area contributed by atoms with E-state index in [1.807, 2.05) is 0 Å². The van der Waals surface area contributed by atoms with Gasteiger partial charge in [-0.05, 0) is 31.6 Å². The van der Waals surface area contributed by atoms with Crippen molar-refractivity contribution in [3.8, 4) is 0 Å². The minimum atomic E-state index is -0.203.